The topological polar surface area (TPSA) is 78.7 Å². The van der Waals surface area contributed by atoms with Crippen LogP contribution >= 0.6 is 0 Å². The molecule has 26 heavy (non-hydrogen) atoms. The first kappa shape index (κ1) is 19.0. The van der Waals surface area contributed by atoms with Crippen molar-refractivity contribution < 1.29 is 32.4 Å². The molecule has 0 N–H and O–H groups in total. The number of rotatable bonds is 5. The Labute approximate surface area is 145 Å². The van der Waals surface area contributed by atoms with Crippen LogP contribution in [0.15, 0.2) is 48.7 Å². The molecule has 0 bridgehead atoms. The third-order valence-electron chi connectivity index (χ3n) is 3.23. The molecule has 136 valence electrons. The number of carbonyl (C=O) groups is 1. The summed E-state index contributed by atoms with van der Waals surface area (Å²) in [6, 6.07) is 8.24. The Morgan fingerprint density at radius 3 is 2.46 bits per heavy atom. The molecule has 2 rings (SSSR count). The van der Waals surface area contributed by atoms with Crippen LogP contribution in [0.1, 0.15) is 21.5 Å². The minimum atomic E-state index is -4.71. The maximum atomic E-state index is 13.0. The lowest BCUT2D eigenvalue weighted by atomic mass is 10.1. The lowest BCUT2D eigenvalue weighted by molar-refractivity contribution is -0.400. The monoisotopic (exact) mass is 367 g/mol. The summed E-state index contributed by atoms with van der Waals surface area (Å²) in [5.74, 6) is -1.29. The molecule has 0 aliphatic heterocycles. The standard InChI is InChI=1S/C17H12F3NO5/c1-25-15-10-11(8-9-21(23)24)6-7-14(15)26-16(22)12-4-2-3-5-13(12)17(18,19)20/h2-10H,1H3/b9-8+. The summed E-state index contributed by atoms with van der Waals surface area (Å²) in [5.41, 5.74) is -1.37. The molecule has 0 saturated heterocycles. The summed E-state index contributed by atoms with van der Waals surface area (Å²) in [6.07, 6.45) is -2.82. The molecule has 0 heterocycles. The highest BCUT2D eigenvalue weighted by Gasteiger charge is 2.35. The van der Waals surface area contributed by atoms with Gasteiger partial charge in [-0.3, -0.25) is 10.1 Å². The van der Waals surface area contributed by atoms with E-state index in [0.29, 0.717) is 11.8 Å². The lowest BCUT2D eigenvalue weighted by Crippen LogP contribution is -2.17. The predicted octanol–water partition coefficient (Wildman–Crippen LogP) is 4.18. The number of alkyl halides is 3. The van der Waals surface area contributed by atoms with Crippen LogP contribution in [0.4, 0.5) is 13.2 Å². The van der Waals surface area contributed by atoms with Crippen molar-refractivity contribution in [3.63, 3.8) is 0 Å². The smallest absolute Gasteiger partial charge is 0.417 e. The van der Waals surface area contributed by atoms with E-state index in [4.69, 9.17) is 9.47 Å². The number of hydrogen-bond donors (Lipinski definition) is 0. The zero-order valence-electron chi connectivity index (χ0n) is 13.3. The van der Waals surface area contributed by atoms with Crippen LogP contribution in [0, 0.1) is 10.1 Å². The van der Waals surface area contributed by atoms with Crippen LogP contribution < -0.4 is 9.47 Å². The molecule has 0 unspecified atom stereocenters. The van der Waals surface area contributed by atoms with E-state index in [-0.39, 0.29) is 11.5 Å². The number of carbonyl (C=O) groups excluding carboxylic acids is 1. The molecule has 0 amide bonds. The molecule has 6 nitrogen and oxygen atoms in total. The van der Waals surface area contributed by atoms with Crippen LogP contribution in [0.3, 0.4) is 0 Å². The highest BCUT2D eigenvalue weighted by atomic mass is 19.4. The van der Waals surface area contributed by atoms with Gasteiger partial charge >= 0.3 is 12.1 Å². The van der Waals surface area contributed by atoms with Gasteiger partial charge in [0.25, 0.3) is 0 Å². The number of halogens is 3. The Kier molecular flexibility index (Phi) is 5.61. The van der Waals surface area contributed by atoms with Crippen molar-refractivity contribution in [2.45, 2.75) is 6.18 Å². The van der Waals surface area contributed by atoms with E-state index in [2.05, 4.69) is 0 Å². The van der Waals surface area contributed by atoms with Crippen LogP contribution in [-0.4, -0.2) is 18.0 Å². The van der Waals surface area contributed by atoms with Gasteiger partial charge in [0.2, 0.25) is 6.20 Å². The molecule has 0 aromatic heterocycles. The second-order valence-corrected chi connectivity index (χ2v) is 4.94. The number of ether oxygens (including phenoxy) is 2. The third kappa shape index (κ3) is 4.59. The van der Waals surface area contributed by atoms with Crippen molar-refractivity contribution in [2.24, 2.45) is 0 Å². The Morgan fingerprint density at radius 1 is 1.15 bits per heavy atom. The fourth-order valence-corrected chi connectivity index (χ4v) is 2.08. The zero-order chi connectivity index (χ0) is 19.3. The second kappa shape index (κ2) is 7.68. The van der Waals surface area contributed by atoms with Crippen molar-refractivity contribution in [1.82, 2.24) is 0 Å². The van der Waals surface area contributed by atoms with Gasteiger partial charge in [-0.1, -0.05) is 18.2 Å². The van der Waals surface area contributed by atoms with Crippen LogP contribution in [0.5, 0.6) is 11.5 Å². The van der Waals surface area contributed by atoms with E-state index >= 15 is 0 Å². The average Bonchev–Trinajstić information content (AvgIpc) is 2.60. The maximum Gasteiger partial charge on any atom is 0.417 e. The van der Waals surface area contributed by atoms with Crippen molar-refractivity contribution in [2.75, 3.05) is 7.11 Å². The van der Waals surface area contributed by atoms with E-state index in [1.165, 1.54) is 37.5 Å². The van der Waals surface area contributed by atoms with E-state index in [1.54, 1.807) is 0 Å². The van der Waals surface area contributed by atoms with E-state index in [9.17, 15) is 28.1 Å². The Bertz CT molecular complexity index is 862. The minimum Gasteiger partial charge on any atom is -0.493 e. The van der Waals surface area contributed by atoms with Gasteiger partial charge in [-0.15, -0.1) is 0 Å². The molecule has 0 spiro atoms. The summed E-state index contributed by atoms with van der Waals surface area (Å²) < 4.78 is 49.0. The Hall–Kier alpha value is -3.36. The summed E-state index contributed by atoms with van der Waals surface area (Å²) in [7, 11) is 1.26. The number of methoxy groups -OCH3 is 1. The summed E-state index contributed by atoms with van der Waals surface area (Å²) in [4.78, 5) is 21.8. The molecular formula is C17H12F3NO5. The van der Waals surface area contributed by atoms with E-state index in [0.717, 1.165) is 18.2 Å². The SMILES string of the molecule is COc1cc(/C=C/[N+](=O)[O-])ccc1OC(=O)c1ccccc1C(F)(F)F. The van der Waals surface area contributed by atoms with Gasteiger partial charge in [0.05, 0.1) is 23.2 Å². The number of hydrogen-bond acceptors (Lipinski definition) is 5. The number of benzene rings is 2. The first-order valence-corrected chi connectivity index (χ1v) is 7.10. The first-order chi connectivity index (χ1) is 12.2. The molecule has 0 atom stereocenters. The lowest BCUT2D eigenvalue weighted by Gasteiger charge is -2.13. The average molecular weight is 367 g/mol. The predicted molar refractivity (Wildman–Crippen MR) is 85.4 cm³/mol. The van der Waals surface area contributed by atoms with Crippen molar-refractivity contribution in [1.29, 1.82) is 0 Å². The second-order valence-electron chi connectivity index (χ2n) is 4.94. The van der Waals surface area contributed by atoms with Gasteiger partial charge in [0, 0.05) is 6.08 Å². The number of nitrogens with zero attached hydrogens (tertiary/aromatic N) is 1. The zero-order valence-corrected chi connectivity index (χ0v) is 13.3. The summed E-state index contributed by atoms with van der Waals surface area (Å²) in [5, 5.41) is 10.3. The normalized spacial score (nSPS) is 11.4. The third-order valence-corrected chi connectivity index (χ3v) is 3.23. The molecular weight excluding hydrogens is 355 g/mol. The quantitative estimate of drug-likeness (QED) is 0.343. The molecule has 0 radical (unpaired) electrons. The fourth-order valence-electron chi connectivity index (χ4n) is 2.08. The van der Waals surface area contributed by atoms with Gasteiger partial charge in [-0.25, -0.2) is 4.79 Å². The van der Waals surface area contributed by atoms with Crippen LogP contribution in [0.2, 0.25) is 0 Å². The molecule has 0 aliphatic rings. The van der Waals surface area contributed by atoms with E-state index in [1.807, 2.05) is 0 Å². The number of esters is 1. The van der Waals surface area contributed by atoms with E-state index < -0.39 is 28.2 Å². The molecule has 0 fully saturated rings. The van der Waals surface area contributed by atoms with Crippen LogP contribution in [-0.2, 0) is 6.18 Å². The van der Waals surface area contributed by atoms with Gasteiger partial charge in [0.15, 0.2) is 11.5 Å². The van der Waals surface area contributed by atoms with Crippen molar-refractivity contribution in [3.8, 4) is 11.5 Å². The Morgan fingerprint density at radius 2 is 1.85 bits per heavy atom. The van der Waals surface area contributed by atoms with Gasteiger partial charge in [-0.05, 0) is 29.8 Å². The maximum absolute atomic E-state index is 13.0. The molecule has 9 heteroatoms. The first-order valence-electron chi connectivity index (χ1n) is 7.10. The van der Waals surface area contributed by atoms with Crippen LogP contribution in [0.25, 0.3) is 6.08 Å². The molecule has 0 saturated carbocycles. The summed E-state index contributed by atoms with van der Waals surface area (Å²) >= 11 is 0. The number of nitro groups is 1. The summed E-state index contributed by atoms with van der Waals surface area (Å²) in [6.45, 7) is 0. The largest absolute Gasteiger partial charge is 0.493 e. The molecule has 2 aromatic rings. The highest BCUT2D eigenvalue weighted by molar-refractivity contribution is 5.93. The van der Waals surface area contributed by atoms with Gasteiger partial charge < -0.3 is 9.47 Å². The molecule has 0 aliphatic carbocycles. The van der Waals surface area contributed by atoms with Gasteiger partial charge in [0.1, 0.15) is 0 Å². The fraction of sp³-hybridized carbons (Fsp3) is 0.118. The molecule has 2 aromatic carbocycles. The highest BCUT2D eigenvalue weighted by Crippen LogP contribution is 2.34. The van der Waals surface area contributed by atoms with Crippen molar-refractivity contribution >= 4 is 12.0 Å². The van der Waals surface area contributed by atoms with Gasteiger partial charge in [-0.2, -0.15) is 13.2 Å². The Balaban J connectivity index is 2.31. The van der Waals surface area contributed by atoms with Crippen molar-refractivity contribution in [3.05, 3.63) is 75.5 Å². The minimum absolute atomic E-state index is 0.0355.